The van der Waals surface area contributed by atoms with Gasteiger partial charge in [-0.05, 0) is 42.0 Å². The molecule has 150 valence electrons. The van der Waals surface area contributed by atoms with Crippen molar-refractivity contribution in [2.24, 2.45) is 0 Å². The van der Waals surface area contributed by atoms with Crippen LogP contribution in [0.4, 0.5) is 0 Å². The Morgan fingerprint density at radius 2 is 1.75 bits per heavy atom. The molecule has 0 aliphatic carbocycles. The van der Waals surface area contributed by atoms with Crippen molar-refractivity contribution >= 4 is 17.5 Å². The summed E-state index contributed by atoms with van der Waals surface area (Å²) in [6.07, 6.45) is 0. The summed E-state index contributed by atoms with van der Waals surface area (Å²) in [5, 5.41) is 3.61. The van der Waals surface area contributed by atoms with E-state index in [9.17, 15) is 4.79 Å². The third kappa shape index (κ3) is 5.86. The monoisotopic (exact) mass is 404 g/mol. The lowest BCUT2D eigenvalue weighted by Gasteiger charge is -2.35. The molecule has 1 N–H and O–H groups in total. The first-order chi connectivity index (χ1) is 13.7. The molecule has 0 saturated carbocycles. The first-order valence-corrected chi connectivity index (χ1v) is 9.64. The van der Waals surface area contributed by atoms with Crippen LogP contribution in [0.2, 0.25) is 5.02 Å². The Morgan fingerprint density at radius 3 is 2.39 bits per heavy atom. The Labute approximate surface area is 170 Å². The first kappa shape index (κ1) is 20.5. The lowest BCUT2D eigenvalue weighted by Crippen LogP contribution is -2.44. The van der Waals surface area contributed by atoms with Gasteiger partial charge in [-0.1, -0.05) is 23.7 Å². The highest BCUT2D eigenvalue weighted by Gasteiger charge is 2.23. The van der Waals surface area contributed by atoms with E-state index in [0.29, 0.717) is 30.5 Å². The summed E-state index contributed by atoms with van der Waals surface area (Å²) in [7, 11) is 1.65. The molecule has 28 heavy (non-hydrogen) atoms. The Bertz CT molecular complexity index is 746. The Morgan fingerprint density at radius 1 is 1.11 bits per heavy atom. The van der Waals surface area contributed by atoms with Crippen molar-refractivity contribution < 1.29 is 19.0 Å². The maximum atomic E-state index is 12.3. The van der Waals surface area contributed by atoms with Crippen molar-refractivity contribution in [2.75, 3.05) is 46.6 Å². The van der Waals surface area contributed by atoms with Crippen LogP contribution in [0, 0.1) is 0 Å². The quantitative estimate of drug-likeness (QED) is 0.733. The third-order valence-corrected chi connectivity index (χ3v) is 4.92. The maximum Gasteiger partial charge on any atom is 0.258 e. The van der Waals surface area contributed by atoms with Gasteiger partial charge in [0.25, 0.3) is 5.91 Å². The number of methoxy groups -OCH3 is 1. The molecule has 2 aromatic rings. The van der Waals surface area contributed by atoms with Gasteiger partial charge in [0.1, 0.15) is 11.5 Å². The number of carbonyl (C=O) groups excluding carboxylic acids is 1. The molecule has 0 spiro atoms. The largest absolute Gasteiger partial charge is 0.497 e. The summed E-state index contributed by atoms with van der Waals surface area (Å²) in [4.78, 5) is 14.6. The predicted molar refractivity (Wildman–Crippen MR) is 108 cm³/mol. The molecule has 1 heterocycles. The fourth-order valence-corrected chi connectivity index (χ4v) is 3.24. The van der Waals surface area contributed by atoms with Crippen LogP contribution < -0.4 is 14.8 Å². The van der Waals surface area contributed by atoms with E-state index < -0.39 is 0 Å². The zero-order chi connectivity index (χ0) is 19.8. The highest BCUT2D eigenvalue weighted by Crippen LogP contribution is 2.23. The standard InChI is InChI=1S/C21H25ClN2O4/c1-26-18-6-2-16(3-7-18)20(24-10-12-27-13-11-24)14-23-21(25)15-28-19-8-4-17(22)5-9-19/h2-9,20H,10-15H2,1H3,(H,23,25)/t20-/m1/s1. The molecule has 1 aliphatic heterocycles. The Hall–Kier alpha value is -2.28. The number of hydrogen-bond donors (Lipinski definition) is 1. The van der Waals surface area contributed by atoms with Crippen molar-refractivity contribution in [3.8, 4) is 11.5 Å². The maximum absolute atomic E-state index is 12.3. The van der Waals surface area contributed by atoms with E-state index in [1.54, 1.807) is 31.4 Å². The minimum absolute atomic E-state index is 0.0416. The van der Waals surface area contributed by atoms with Crippen molar-refractivity contribution in [3.05, 3.63) is 59.1 Å². The van der Waals surface area contributed by atoms with Crippen LogP contribution in [0.25, 0.3) is 0 Å². The van der Waals surface area contributed by atoms with Crippen LogP contribution in [0.5, 0.6) is 11.5 Å². The van der Waals surface area contributed by atoms with Gasteiger partial charge in [0.05, 0.1) is 26.4 Å². The number of morpholine rings is 1. The molecule has 1 atom stereocenters. The van der Waals surface area contributed by atoms with Crippen molar-refractivity contribution in [1.82, 2.24) is 10.2 Å². The molecule has 1 saturated heterocycles. The minimum Gasteiger partial charge on any atom is -0.497 e. The van der Waals surface area contributed by atoms with E-state index in [4.69, 9.17) is 25.8 Å². The second kappa shape index (κ2) is 10.3. The van der Waals surface area contributed by atoms with Crippen LogP contribution in [-0.2, 0) is 9.53 Å². The first-order valence-electron chi connectivity index (χ1n) is 9.26. The summed E-state index contributed by atoms with van der Waals surface area (Å²) in [5.74, 6) is 1.26. The van der Waals surface area contributed by atoms with E-state index in [1.807, 2.05) is 24.3 Å². The van der Waals surface area contributed by atoms with Crippen LogP contribution in [0.3, 0.4) is 0 Å². The number of hydrogen-bond acceptors (Lipinski definition) is 5. The van der Waals surface area contributed by atoms with Gasteiger partial charge < -0.3 is 19.5 Å². The summed E-state index contributed by atoms with van der Waals surface area (Å²) < 4.78 is 16.2. The van der Waals surface area contributed by atoms with Gasteiger partial charge in [-0.15, -0.1) is 0 Å². The van der Waals surface area contributed by atoms with Gasteiger partial charge in [-0.25, -0.2) is 0 Å². The molecule has 1 amide bonds. The van der Waals surface area contributed by atoms with Gasteiger partial charge in [0, 0.05) is 24.7 Å². The smallest absolute Gasteiger partial charge is 0.258 e. The number of rotatable bonds is 8. The predicted octanol–water partition coefficient (Wildman–Crippen LogP) is 2.92. The van der Waals surface area contributed by atoms with Gasteiger partial charge in [-0.3, -0.25) is 9.69 Å². The normalized spacial score (nSPS) is 15.6. The van der Waals surface area contributed by atoms with Gasteiger partial charge in [0.15, 0.2) is 6.61 Å². The van der Waals surface area contributed by atoms with Gasteiger partial charge in [-0.2, -0.15) is 0 Å². The summed E-state index contributed by atoms with van der Waals surface area (Å²) in [6.45, 7) is 3.50. The Kier molecular flexibility index (Phi) is 7.54. The van der Waals surface area contributed by atoms with Crippen LogP contribution >= 0.6 is 11.6 Å². The second-order valence-corrected chi connectivity index (χ2v) is 6.92. The van der Waals surface area contributed by atoms with E-state index in [1.165, 1.54) is 0 Å². The van der Waals surface area contributed by atoms with Gasteiger partial charge >= 0.3 is 0 Å². The van der Waals surface area contributed by atoms with E-state index in [2.05, 4.69) is 10.2 Å². The molecule has 6 nitrogen and oxygen atoms in total. The number of nitrogens with zero attached hydrogens (tertiary/aromatic N) is 1. The second-order valence-electron chi connectivity index (χ2n) is 6.48. The van der Waals surface area contributed by atoms with E-state index >= 15 is 0 Å². The number of carbonyl (C=O) groups is 1. The number of amides is 1. The molecule has 0 unspecified atom stereocenters. The lowest BCUT2D eigenvalue weighted by molar-refractivity contribution is -0.123. The van der Waals surface area contributed by atoms with E-state index in [-0.39, 0.29) is 18.6 Å². The fraction of sp³-hybridized carbons (Fsp3) is 0.381. The van der Waals surface area contributed by atoms with Crippen molar-refractivity contribution in [2.45, 2.75) is 6.04 Å². The van der Waals surface area contributed by atoms with Crippen molar-refractivity contribution in [3.63, 3.8) is 0 Å². The Balaban J connectivity index is 1.58. The summed E-state index contributed by atoms with van der Waals surface area (Å²) in [6, 6.07) is 15.0. The SMILES string of the molecule is COc1ccc([C@@H](CNC(=O)COc2ccc(Cl)cc2)N2CCOCC2)cc1. The van der Waals surface area contributed by atoms with Gasteiger partial charge in [0.2, 0.25) is 0 Å². The molecule has 0 radical (unpaired) electrons. The third-order valence-electron chi connectivity index (χ3n) is 4.66. The zero-order valence-corrected chi connectivity index (χ0v) is 16.7. The molecular formula is C21H25ClN2O4. The number of benzene rings is 2. The highest BCUT2D eigenvalue weighted by molar-refractivity contribution is 6.30. The molecule has 0 bridgehead atoms. The molecule has 0 aromatic heterocycles. The molecular weight excluding hydrogens is 380 g/mol. The van der Waals surface area contributed by atoms with Crippen LogP contribution in [-0.4, -0.2) is 57.4 Å². The topological polar surface area (TPSA) is 60.0 Å². The minimum atomic E-state index is -0.165. The van der Waals surface area contributed by atoms with Crippen molar-refractivity contribution in [1.29, 1.82) is 0 Å². The molecule has 7 heteroatoms. The van der Waals surface area contributed by atoms with Crippen LogP contribution in [0.15, 0.2) is 48.5 Å². The molecule has 1 fully saturated rings. The average Bonchev–Trinajstić information content (AvgIpc) is 2.74. The molecule has 3 rings (SSSR count). The van der Waals surface area contributed by atoms with E-state index in [0.717, 1.165) is 24.4 Å². The molecule has 2 aromatic carbocycles. The summed E-state index contributed by atoms with van der Waals surface area (Å²) in [5.41, 5.74) is 1.13. The summed E-state index contributed by atoms with van der Waals surface area (Å²) >= 11 is 5.85. The number of nitrogens with one attached hydrogen (secondary N) is 1. The number of halogens is 1. The average molecular weight is 405 g/mol. The fourth-order valence-electron chi connectivity index (χ4n) is 3.11. The highest BCUT2D eigenvalue weighted by atomic mass is 35.5. The lowest BCUT2D eigenvalue weighted by atomic mass is 10.0. The zero-order valence-electron chi connectivity index (χ0n) is 15.9. The molecule has 1 aliphatic rings. The number of ether oxygens (including phenoxy) is 3. The van der Waals surface area contributed by atoms with Crippen LogP contribution in [0.1, 0.15) is 11.6 Å².